The van der Waals surface area contributed by atoms with E-state index in [4.69, 9.17) is 15.2 Å². The number of nitrogens with two attached hydrogens (primary N) is 1. The van der Waals surface area contributed by atoms with Gasteiger partial charge in [-0.2, -0.15) is 0 Å². The summed E-state index contributed by atoms with van der Waals surface area (Å²) in [6.45, 7) is 0.356. The van der Waals surface area contributed by atoms with Crippen molar-refractivity contribution in [2.75, 3.05) is 13.4 Å². The standard InChI is InChI=1S/C15H23NO4S/c1-19-12-6-7-15(11(8-12)10-16)20-13-4-3-5-14(9-13)21(2,17)18/h6-8,13-14H,3-5,9-10,16H2,1-2H3. The van der Waals surface area contributed by atoms with E-state index in [9.17, 15) is 8.42 Å². The highest BCUT2D eigenvalue weighted by Crippen LogP contribution is 2.30. The van der Waals surface area contributed by atoms with Crippen LogP contribution in [-0.2, 0) is 16.4 Å². The molecule has 0 saturated heterocycles. The van der Waals surface area contributed by atoms with Crippen molar-refractivity contribution in [3.8, 4) is 11.5 Å². The van der Waals surface area contributed by atoms with E-state index >= 15 is 0 Å². The Balaban J connectivity index is 2.11. The molecule has 1 saturated carbocycles. The Morgan fingerprint density at radius 3 is 2.71 bits per heavy atom. The molecule has 2 rings (SSSR count). The molecule has 1 aromatic carbocycles. The summed E-state index contributed by atoms with van der Waals surface area (Å²) in [6.07, 6.45) is 4.26. The summed E-state index contributed by atoms with van der Waals surface area (Å²) in [5.41, 5.74) is 6.62. The van der Waals surface area contributed by atoms with E-state index in [1.54, 1.807) is 7.11 Å². The second-order valence-electron chi connectivity index (χ2n) is 5.54. The van der Waals surface area contributed by atoms with Gasteiger partial charge in [-0.15, -0.1) is 0 Å². The van der Waals surface area contributed by atoms with Crippen molar-refractivity contribution < 1.29 is 17.9 Å². The number of rotatable bonds is 5. The molecule has 5 nitrogen and oxygen atoms in total. The monoisotopic (exact) mass is 313 g/mol. The number of sulfone groups is 1. The predicted molar refractivity (Wildman–Crippen MR) is 82.4 cm³/mol. The molecule has 0 amide bonds. The number of hydrogen-bond donors (Lipinski definition) is 1. The molecule has 2 N–H and O–H groups in total. The van der Waals surface area contributed by atoms with Gasteiger partial charge in [-0.25, -0.2) is 8.42 Å². The second-order valence-corrected chi connectivity index (χ2v) is 7.86. The summed E-state index contributed by atoms with van der Waals surface area (Å²) in [4.78, 5) is 0. The Kier molecular flexibility index (Phi) is 5.11. The van der Waals surface area contributed by atoms with Gasteiger partial charge in [0.2, 0.25) is 0 Å². The van der Waals surface area contributed by atoms with Crippen LogP contribution in [0.25, 0.3) is 0 Å². The van der Waals surface area contributed by atoms with E-state index in [-0.39, 0.29) is 11.4 Å². The molecule has 6 heteroatoms. The molecule has 1 aromatic rings. The highest BCUT2D eigenvalue weighted by molar-refractivity contribution is 7.91. The van der Waals surface area contributed by atoms with Crippen molar-refractivity contribution in [1.82, 2.24) is 0 Å². The predicted octanol–water partition coefficient (Wildman–Crippen LogP) is 1.89. The van der Waals surface area contributed by atoms with E-state index < -0.39 is 9.84 Å². The summed E-state index contributed by atoms with van der Waals surface area (Å²) in [6, 6.07) is 5.52. The first-order valence-electron chi connectivity index (χ1n) is 7.16. The number of ether oxygens (including phenoxy) is 2. The Hall–Kier alpha value is -1.27. The lowest BCUT2D eigenvalue weighted by Crippen LogP contribution is -2.33. The average molecular weight is 313 g/mol. The van der Waals surface area contributed by atoms with Crippen LogP contribution in [0.3, 0.4) is 0 Å². The topological polar surface area (TPSA) is 78.6 Å². The summed E-state index contributed by atoms with van der Waals surface area (Å²) >= 11 is 0. The molecule has 0 heterocycles. The Bertz CT molecular complexity index is 585. The van der Waals surface area contributed by atoms with Crippen LogP contribution < -0.4 is 15.2 Å². The molecule has 0 aliphatic heterocycles. The van der Waals surface area contributed by atoms with Gasteiger partial charge in [0.05, 0.1) is 18.5 Å². The normalized spacial score (nSPS) is 22.8. The highest BCUT2D eigenvalue weighted by atomic mass is 32.2. The van der Waals surface area contributed by atoms with E-state index in [0.29, 0.717) is 13.0 Å². The fourth-order valence-electron chi connectivity index (χ4n) is 2.73. The van der Waals surface area contributed by atoms with Gasteiger partial charge in [-0.3, -0.25) is 0 Å². The van der Waals surface area contributed by atoms with Crippen LogP contribution in [0, 0.1) is 0 Å². The van der Waals surface area contributed by atoms with E-state index in [2.05, 4.69) is 0 Å². The smallest absolute Gasteiger partial charge is 0.150 e. The first kappa shape index (κ1) is 16.1. The summed E-state index contributed by atoms with van der Waals surface area (Å²) in [7, 11) is -1.40. The molecule has 1 fully saturated rings. The third-order valence-corrected chi connectivity index (χ3v) is 5.60. The maximum atomic E-state index is 11.7. The quantitative estimate of drug-likeness (QED) is 0.898. The van der Waals surface area contributed by atoms with Crippen molar-refractivity contribution in [2.45, 2.75) is 43.6 Å². The molecule has 0 radical (unpaired) electrons. The largest absolute Gasteiger partial charge is 0.497 e. The van der Waals surface area contributed by atoms with Gasteiger partial charge in [0, 0.05) is 24.8 Å². The fraction of sp³-hybridized carbons (Fsp3) is 0.600. The zero-order valence-electron chi connectivity index (χ0n) is 12.5. The van der Waals surface area contributed by atoms with E-state index in [1.807, 2.05) is 18.2 Å². The van der Waals surface area contributed by atoms with Crippen molar-refractivity contribution in [2.24, 2.45) is 5.73 Å². The third-order valence-electron chi connectivity index (χ3n) is 3.96. The lowest BCUT2D eigenvalue weighted by Gasteiger charge is -2.29. The van der Waals surface area contributed by atoms with Crippen molar-refractivity contribution in [1.29, 1.82) is 0 Å². The molecule has 0 spiro atoms. The fourth-order valence-corrected chi connectivity index (χ4v) is 3.89. The van der Waals surface area contributed by atoms with Crippen LogP contribution >= 0.6 is 0 Å². The van der Waals surface area contributed by atoms with Gasteiger partial charge in [0.25, 0.3) is 0 Å². The molecular weight excluding hydrogens is 290 g/mol. The van der Waals surface area contributed by atoms with Crippen molar-refractivity contribution >= 4 is 9.84 Å². The number of methoxy groups -OCH3 is 1. The Labute approximate surface area is 126 Å². The van der Waals surface area contributed by atoms with Crippen molar-refractivity contribution in [3.05, 3.63) is 23.8 Å². The van der Waals surface area contributed by atoms with E-state index in [0.717, 1.165) is 36.3 Å². The van der Waals surface area contributed by atoms with Crippen LogP contribution in [0.2, 0.25) is 0 Å². The molecule has 1 aliphatic rings. The van der Waals surface area contributed by atoms with Crippen LogP contribution in [0.5, 0.6) is 11.5 Å². The van der Waals surface area contributed by atoms with Gasteiger partial charge in [0.15, 0.2) is 0 Å². The average Bonchev–Trinajstić information content (AvgIpc) is 2.47. The minimum absolute atomic E-state index is 0.0721. The lowest BCUT2D eigenvalue weighted by molar-refractivity contribution is 0.154. The molecule has 0 aromatic heterocycles. The minimum atomic E-state index is -3.00. The molecule has 118 valence electrons. The number of benzene rings is 1. The highest BCUT2D eigenvalue weighted by Gasteiger charge is 2.30. The second kappa shape index (κ2) is 6.66. The summed E-state index contributed by atoms with van der Waals surface area (Å²) < 4.78 is 34.6. The molecule has 2 atom stereocenters. The first-order chi connectivity index (χ1) is 9.94. The van der Waals surface area contributed by atoms with Gasteiger partial charge in [-0.05, 0) is 37.5 Å². The molecule has 0 bridgehead atoms. The maximum absolute atomic E-state index is 11.7. The lowest BCUT2D eigenvalue weighted by atomic mass is 9.97. The van der Waals surface area contributed by atoms with E-state index in [1.165, 1.54) is 6.26 Å². The Morgan fingerprint density at radius 1 is 1.33 bits per heavy atom. The van der Waals surface area contributed by atoms with Gasteiger partial charge >= 0.3 is 0 Å². The van der Waals surface area contributed by atoms with Gasteiger partial charge < -0.3 is 15.2 Å². The molecule has 2 unspecified atom stereocenters. The molecular formula is C15H23NO4S. The summed E-state index contributed by atoms with van der Waals surface area (Å²) in [5.74, 6) is 1.46. The van der Waals surface area contributed by atoms with Crippen LogP contribution in [0.15, 0.2) is 18.2 Å². The SMILES string of the molecule is COc1ccc(OC2CCCC(S(C)(=O)=O)C2)c(CN)c1. The van der Waals surface area contributed by atoms with Crippen LogP contribution in [0.1, 0.15) is 31.2 Å². The maximum Gasteiger partial charge on any atom is 0.150 e. The molecule has 1 aliphatic carbocycles. The third kappa shape index (κ3) is 4.11. The van der Waals surface area contributed by atoms with Crippen molar-refractivity contribution in [3.63, 3.8) is 0 Å². The zero-order valence-corrected chi connectivity index (χ0v) is 13.4. The Morgan fingerprint density at radius 2 is 2.10 bits per heavy atom. The number of hydrogen-bond acceptors (Lipinski definition) is 5. The summed E-state index contributed by atoms with van der Waals surface area (Å²) in [5, 5.41) is -0.296. The van der Waals surface area contributed by atoms with Crippen LogP contribution in [0.4, 0.5) is 0 Å². The van der Waals surface area contributed by atoms with Gasteiger partial charge in [-0.1, -0.05) is 0 Å². The van der Waals surface area contributed by atoms with Crippen LogP contribution in [-0.4, -0.2) is 33.1 Å². The molecule has 21 heavy (non-hydrogen) atoms. The zero-order chi connectivity index (χ0) is 15.5. The van der Waals surface area contributed by atoms with Gasteiger partial charge in [0.1, 0.15) is 21.3 Å². The minimum Gasteiger partial charge on any atom is -0.497 e. The first-order valence-corrected chi connectivity index (χ1v) is 9.12.